The third-order valence-electron chi connectivity index (χ3n) is 1.85. The van der Waals surface area contributed by atoms with E-state index in [4.69, 9.17) is 4.74 Å². The highest BCUT2D eigenvalue weighted by Crippen LogP contribution is 2.15. The highest BCUT2D eigenvalue weighted by atomic mass is 16.5. The third kappa shape index (κ3) is 6.11. The molecule has 1 heteroatoms. The van der Waals surface area contributed by atoms with Crippen molar-refractivity contribution in [2.75, 3.05) is 7.11 Å². The van der Waals surface area contributed by atoms with Crippen molar-refractivity contribution in [1.29, 1.82) is 0 Å². The van der Waals surface area contributed by atoms with E-state index in [-0.39, 0.29) is 5.60 Å². The van der Waals surface area contributed by atoms with Crippen LogP contribution in [0, 0.1) is 0 Å². The first kappa shape index (κ1) is 10.7. The van der Waals surface area contributed by atoms with Gasteiger partial charge in [0.15, 0.2) is 0 Å². The molecule has 66 valence electrons. The van der Waals surface area contributed by atoms with Crippen LogP contribution in [0.2, 0.25) is 0 Å². The highest BCUT2D eigenvalue weighted by molar-refractivity contribution is 4.93. The van der Waals surface area contributed by atoms with Gasteiger partial charge >= 0.3 is 0 Å². The van der Waals surface area contributed by atoms with Crippen molar-refractivity contribution in [3.8, 4) is 0 Å². The predicted octanol–water partition coefficient (Wildman–Crippen LogP) is 3.16. The van der Waals surface area contributed by atoms with Crippen LogP contribution in [0.15, 0.2) is 11.6 Å². The van der Waals surface area contributed by atoms with Crippen LogP contribution in [-0.4, -0.2) is 12.7 Å². The molecule has 0 aliphatic heterocycles. The van der Waals surface area contributed by atoms with Gasteiger partial charge in [-0.1, -0.05) is 11.6 Å². The second kappa shape index (κ2) is 4.55. The second-order valence-corrected chi connectivity index (χ2v) is 3.78. The van der Waals surface area contributed by atoms with Crippen molar-refractivity contribution >= 4 is 0 Å². The average molecular weight is 156 g/mol. The van der Waals surface area contributed by atoms with Gasteiger partial charge in [0.1, 0.15) is 0 Å². The van der Waals surface area contributed by atoms with Crippen molar-refractivity contribution in [1.82, 2.24) is 0 Å². The van der Waals surface area contributed by atoms with Crippen molar-refractivity contribution in [2.45, 2.75) is 46.1 Å². The van der Waals surface area contributed by atoms with E-state index in [1.807, 2.05) is 0 Å². The molecular formula is C10H20O. The van der Waals surface area contributed by atoms with Gasteiger partial charge in [-0.05, 0) is 40.5 Å². The molecule has 0 rings (SSSR count). The van der Waals surface area contributed by atoms with Crippen LogP contribution in [0.5, 0.6) is 0 Å². The van der Waals surface area contributed by atoms with Gasteiger partial charge < -0.3 is 4.74 Å². The normalized spacial score (nSPS) is 11.4. The summed E-state index contributed by atoms with van der Waals surface area (Å²) in [4.78, 5) is 0. The van der Waals surface area contributed by atoms with Gasteiger partial charge in [-0.25, -0.2) is 0 Å². The quantitative estimate of drug-likeness (QED) is 0.568. The van der Waals surface area contributed by atoms with E-state index >= 15 is 0 Å². The fraction of sp³-hybridized carbons (Fsp3) is 0.800. The fourth-order valence-corrected chi connectivity index (χ4v) is 0.811. The lowest BCUT2D eigenvalue weighted by Gasteiger charge is -2.21. The van der Waals surface area contributed by atoms with Crippen LogP contribution in [0.1, 0.15) is 40.5 Å². The molecular weight excluding hydrogens is 136 g/mol. The topological polar surface area (TPSA) is 9.23 Å². The van der Waals surface area contributed by atoms with E-state index in [2.05, 4.69) is 33.8 Å². The molecule has 0 saturated heterocycles. The lowest BCUT2D eigenvalue weighted by Crippen LogP contribution is -2.21. The molecule has 0 amide bonds. The minimum absolute atomic E-state index is 0.0337. The van der Waals surface area contributed by atoms with E-state index in [0.29, 0.717) is 0 Å². The summed E-state index contributed by atoms with van der Waals surface area (Å²) in [5, 5.41) is 0. The highest BCUT2D eigenvalue weighted by Gasteiger charge is 2.13. The third-order valence-corrected chi connectivity index (χ3v) is 1.85. The van der Waals surface area contributed by atoms with E-state index in [0.717, 1.165) is 12.8 Å². The molecule has 0 unspecified atom stereocenters. The first-order valence-corrected chi connectivity index (χ1v) is 4.16. The van der Waals surface area contributed by atoms with Crippen molar-refractivity contribution in [3.05, 3.63) is 11.6 Å². The molecule has 0 heterocycles. The summed E-state index contributed by atoms with van der Waals surface area (Å²) in [5.74, 6) is 0. The summed E-state index contributed by atoms with van der Waals surface area (Å²) >= 11 is 0. The second-order valence-electron chi connectivity index (χ2n) is 3.78. The van der Waals surface area contributed by atoms with Gasteiger partial charge in [0.25, 0.3) is 0 Å². The number of methoxy groups -OCH3 is 1. The van der Waals surface area contributed by atoms with E-state index < -0.39 is 0 Å². The Labute approximate surface area is 70.4 Å². The zero-order chi connectivity index (χ0) is 8.91. The minimum atomic E-state index is 0.0337. The Morgan fingerprint density at radius 2 is 1.91 bits per heavy atom. The zero-order valence-corrected chi connectivity index (χ0v) is 8.40. The van der Waals surface area contributed by atoms with Crippen LogP contribution in [0.25, 0.3) is 0 Å². The Hall–Kier alpha value is -0.300. The summed E-state index contributed by atoms with van der Waals surface area (Å²) < 4.78 is 5.29. The van der Waals surface area contributed by atoms with Gasteiger partial charge in [-0.15, -0.1) is 0 Å². The molecule has 0 aliphatic carbocycles. The lowest BCUT2D eigenvalue weighted by atomic mass is 10.0. The standard InChI is InChI=1S/C10H20O/c1-9(2)7-6-8-10(3,4)11-5/h7H,6,8H2,1-5H3. The van der Waals surface area contributed by atoms with Gasteiger partial charge in [-0.3, -0.25) is 0 Å². The molecule has 0 spiro atoms. The average Bonchev–Trinajstić information content (AvgIpc) is 1.87. The van der Waals surface area contributed by atoms with Crippen molar-refractivity contribution in [3.63, 3.8) is 0 Å². The Morgan fingerprint density at radius 1 is 1.36 bits per heavy atom. The van der Waals surface area contributed by atoms with Gasteiger partial charge in [0.05, 0.1) is 5.60 Å². The van der Waals surface area contributed by atoms with Gasteiger partial charge in [0, 0.05) is 7.11 Å². The molecule has 0 aliphatic rings. The summed E-state index contributed by atoms with van der Waals surface area (Å²) in [6.45, 7) is 8.48. The summed E-state index contributed by atoms with van der Waals surface area (Å²) in [7, 11) is 1.77. The Balaban J connectivity index is 3.62. The molecule has 0 saturated carbocycles. The number of ether oxygens (including phenoxy) is 1. The maximum absolute atomic E-state index is 5.29. The van der Waals surface area contributed by atoms with Crippen LogP contribution >= 0.6 is 0 Å². The number of hydrogen-bond donors (Lipinski definition) is 0. The molecule has 0 N–H and O–H groups in total. The smallest absolute Gasteiger partial charge is 0.0625 e. The van der Waals surface area contributed by atoms with Crippen molar-refractivity contribution < 1.29 is 4.74 Å². The lowest BCUT2D eigenvalue weighted by molar-refractivity contribution is 0.0163. The summed E-state index contributed by atoms with van der Waals surface area (Å²) in [6.07, 6.45) is 4.46. The molecule has 0 atom stereocenters. The molecule has 0 radical (unpaired) electrons. The molecule has 0 aromatic rings. The van der Waals surface area contributed by atoms with Crippen LogP contribution in [0.4, 0.5) is 0 Å². The largest absolute Gasteiger partial charge is 0.379 e. The number of rotatable bonds is 4. The first-order valence-electron chi connectivity index (χ1n) is 4.16. The Kier molecular flexibility index (Phi) is 4.43. The van der Waals surface area contributed by atoms with E-state index in [9.17, 15) is 0 Å². The van der Waals surface area contributed by atoms with E-state index in [1.54, 1.807) is 7.11 Å². The van der Waals surface area contributed by atoms with Crippen molar-refractivity contribution in [2.24, 2.45) is 0 Å². The Bertz CT molecular complexity index is 130. The maximum Gasteiger partial charge on any atom is 0.0625 e. The molecule has 0 bridgehead atoms. The van der Waals surface area contributed by atoms with Gasteiger partial charge in [0.2, 0.25) is 0 Å². The minimum Gasteiger partial charge on any atom is -0.379 e. The molecule has 1 nitrogen and oxygen atoms in total. The molecule has 11 heavy (non-hydrogen) atoms. The monoisotopic (exact) mass is 156 g/mol. The number of allylic oxidation sites excluding steroid dienone is 2. The molecule has 0 aromatic carbocycles. The molecule has 0 fully saturated rings. The fourth-order valence-electron chi connectivity index (χ4n) is 0.811. The van der Waals surface area contributed by atoms with Crippen LogP contribution in [-0.2, 0) is 4.74 Å². The molecule has 0 aromatic heterocycles. The summed E-state index contributed by atoms with van der Waals surface area (Å²) in [5.41, 5.74) is 1.42. The SMILES string of the molecule is COC(C)(C)CCC=C(C)C. The van der Waals surface area contributed by atoms with Crippen LogP contribution in [0.3, 0.4) is 0 Å². The van der Waals surface area contributed by atoms with E-state index in [1.165, 1.54) is 5.57 Å². The zero-order valence-electron chi connectivity index (χ0n) is 8.40. The Morgan fingerprint density at radius 3 is 2.27 bits per heavy atom. The first-order chi connectivity index (χ1) is 4.98. The predicted molar refractivity (Wildman–Crippen MR) is 49.8 cm³/mol. The maximum atomic E-state index is 5.29. The van der Waals surface area contributed by atoms with Crippen LogP contribution < -0.4 is 0 Å². The van der Waals surface area contributed by atoms with Gasteiger partial charge in [-0.2, -0.15) is 0 Å². The number of hydrogen-bond acceptors (Lipinski definition) is 1. The summed E-state index contributed by atoms with van der Waals surface area (Å²) in [6, 6.07) is 0.